The van der Waals surface area contributed by atoms with Gasteiger partial charge in [-0.3, -0.25) is 0 Å². The first kappa shape index (κ1) is 38.0. The Morgan fingerprint density at radius 3 is 1.31 bits per heavy atom. The summed E-state index contributed by atoms with van der Waals surface area (Å²) in [5.41, 5.74) is 9.65. The van der Waals surface area contributed by atoms with Gasteiger partial charge in [-0.25, -0.2) is 4.99 Å². The van der Waals surface area contributed by atoms with E-state index in [1.165, 1.54) is 0 Å². The van der Waals surface area contributed by atoms with Crippen LogP contribution >= 0.6 is 0 Å². The average molecular weight is 775 g/mol. The Morgan fingerprint density at radius 1 is 0.444 bits per heavy atom. The third kappa shape index (κ3) is 8.56. The zero-order valence-electron chi connectivity index (χ0n) is 30.1. The minimum Gasteiger partial charge on any atom is -0.378 e. The van der Waals surface area contributed by atoms with Crippen molar-refractivity contribution in [1.29, 1.82) is 0 Å². The van der Waals surface area contributed by atoms with Crippen LogP contribution in [0.15, 0.2) is 211 Å². The van der Waals surface area contributed by atoms with Crippen LogP contribution in [0.1, 0.15) is 27.8 Å². The molecule has 0 radical (unpaired) electrons. The maximum absolute atomic E-state index is 12.7. The van der Waals surface area contributed by atoms with Gasteiger partial charge in [0.15, 0.2) is 0 Å². The molecule has 262 valence electrons. The third-order valence-corrected chi connectivity index (χ3v) is 9.41. The van der Waals surface area contributed by atoms with Gasteiger partial charge in [-0.15, -0.1) is 24.3 Å². The number of benzene rings is 8. The van der Waals surface area contributed by atoms with E-state index in [2.05, 4.69) is 123 Å². The van der Waals surface area contributed by atoms with E-state index in [-0.39, 0.29) is 26.2 Å². The van der Waals surface area contributed by atoms with Crippen molar-refractivity contribution in [2.45, 2.75) is 12.0 Å². The molecule has 1 aliphatic carbocycles. The molecule has 8 aromatic rings. The molecule has 0 spiro atoms. The number of rotatable bonds is 5. The summed E-state index contributed by atoms with van der Waals surface area (Å²) in [5, 5.41) is 14.9. The van der Waals surface area contributed by atoms with E-state index in [1.54, 1.807) is 0 Å². The monoisotopic (exact) mass is 773 g/mol. The number of hydrogen-bond acceptors (Lipinski definition) is 2. The second kappa shape index (κ2) is 17.9. The van der Waals surface area contributed by atoms with Crippen LogP contribution < -0.4 is 0 Å². The van der Waals surface area contributed by atoms with E-state index >= 15 is 0 Å². The van der Waals surface area contributed by atoms with Gasteiger partial charge in [-0.1, -0.05) is 158 Å². The summed E-state index contributed by atoms with van der Waals surface area (Å²) in [5.74, 6) is 0. The molecule has 0 fully saturated rings. The normalized spacial score (nSPS) is 14.6. The number of aliphatic imine (C=N–C) groups is 1. The zero-order chi connectivity index (χ0) is 36.5. The van der Waals surface area contributed by atoms with Crippen LogP contribution in [-0.4, -0.2) is 10.8 Å². The van der Waals surface area contributed by atoms with Gasteiger partial charge in [-0.05, 0) is 33.0 Å². The van der Waals surface area contributed by atoms with E-state index in [4.69, 9.17) is 4.99 Å². The number of nitrogens with zero attached hydrogens (tertiary/aromatic N) is 1. The van der Waals surface area contributed by atoms with Gasteiger partial charge in [0, 0.05) is 49.3 Å². The van der Waals surface area contributed by atoms with E-state index in [0.29, 0.717) is 12.1 Å². The molecule has 0 bridgehead atoms. The van der Waals surface area contributed by atoms with Crippen LogP contribution in [0, 0.1) is 13.8 Å². The number of hydrogen-bond donors (Lipinski definition) is 1. The average Bonchev–Trinajstić information content (AvgIpc) is 3.44. The van der Waals surface area contributed by atoms with Gasteiger partial charge in [0.2, 0.25) is 0 Å². The van der Waals surface area contributed by atoms with E-state index in [0.717, 1.165) is 66.5 Å². The van der Waals surface area contributed by atoms with Crippen molar-refractivity contribution in [3.8, 4) is 22.3 Å². The molecular weight excluding hydrogens is 734 g/mol. The molecule has 1 unspecified atom stereocenters. The molecule has 3 heteroatoms. The molecule has 0 aliphatic heterocycles. The fourth-order valence-electron chi connectivity index (χ4n) is 6.89. The Balaban J connectivity index is 0.000000278. The second-order valence-corrected chi connectivity index (χ2v) is 13.1. The molecule has 1 aliphatic rings. The summed E-state index contributed by atoms with van der Waals surface area (Å²) in [4.78, 5) is 5.47. The summed E-state index contributed by atoms with van der Waals surface area (Å²) in [6.45, 7) is 7.44. The Hall–Kier alpha value is -5.73. The van der Waals surface area contributed by atoms with Gasteiger partial charge in [0.1, 0.15) is 5.60 Å². The zero-order valence-corrected chi connectivity index (χ0v) is 32.6. The Labute approximate surface area is 338 Å². The number of para-hydroxylation sites is 1. The summed E-state index contributed by atoms with van der Waals surface area (Å²) in [6.07, 6.45) is 0.439. The van der Waals surface area contributed by atoms with Gasteiger partial charge in [0.05, 0.1) is 11.4 Å². The van der Waals surface area contributed by atoms with Crippen LogP contribution in [-0.2, 0) is 38.2 Å². The maximum atomic E-state index is 12.7. The van der Waals surface area contributed by atoms with Gasteiger partial charge < -0.3 is 5.11 Å². The minimum absolute atomic E-state index is 0. The Bertz CT molecular complexity index is 2330. The molecule has 0 saturated heterocycles. The number of aliphatic hydroxyl groups is 1. The predicted octanol–water partition coefficient (Wildman–Crippen LogP) is 12.5. The Morgan fingerprint density at radius 2 is 0.852 bits per heavy atom. The van der Waals surface area contributed by atoms with E-state index in [9.17, 15) is 5.11 Å². The fourth-order valence-corrected chi connectivity index (χ4v) is 6.89. The van der Waals surface area contributed by atoms with Crippen LogP contribution in [0.4, 0.5) is 5.69 Å². The predicted molar refractivity (Wildman–Crippen MR) is 223 cm³/mol. The SMILES string of the molecule is OC1(Cc2ccccc2)C(=Nc2c(-c3ccccc3)cccc2-c2ccccc2)c2cccc3cccc1c23.[CH2-]c1ccccc1.[CH2-]c1ccccc1.[Zr]. The van der Waals surface area contributed by atoms with Crippen molar-refractivity contribution >= 4 is 22.2 Å². The van der Waals surface area contributed by atoms with Crippen molar-refractivity contribution in [2.24, 2.45) is 4.99 Å². The maximum Gasteiger partial charge on any atom is 0.137 e. The third-order valence-electron chi connectivity index (χ3n) is 9.41. The molecule has 9 rings (SSSR count). The summed E-state index contributed by atoms with van der Waals surface area (Å²) in [6, 6.07) is 69.5. The second-order valence-electron chi connectivity index (χ2n) is 13.1. The van der Waals surface area contributed by atoms with Crippen LogP contribution in [0.2, 0.25) is 0 Å². The standard InChI is InChI=1S/C37H27NO.2C7H7.Zr/c39-37(25-26-13-4-1-5-14-26)33-24-11-20-29-19-10-23-32(34(29)33)36(37)38-35-30(27-15-6-2-7-16-27)21-12-22-31(35)28-17-8-3-9-18-28;2*1-7-5-3-2-4-6-7;/h1-24,39H,25H2;2*2-6H,1H2;/q;2*-1;. The van der Waals surface area contributed by atoms with Gasteiger partial charge in [0.25, 0.3) is 0 Å². The molecule has 0 heterocycles. The van der Waals surface area contributed by atoms with Crippen LogP contribution in [0.3, 0.4) is 0 Å². The van der Waals surface area contributed by atoms with Crippen molar-refractivity contribution < 1.29 is 31.3 Å². The van der Waals surface area contributed by atoms with E-state index in [1.807, 2.05) is 97.1 Å². The molecular formula is C51H41NOZr-2. The fraction of sp³-hybridized carbons (Fsp3) is 0.0392. The van der Waals surface area contributed by atoms with Crippen LogP contribution in [0.5, 0.6) is 0 Å². The van der Waals surface area contributed by atoms with E-state index < -0.39 is 5.60 Å². The molecule has 0 saturated carbocycles. The first-order valence-electron chi connectivity index (χ1n) is 17.9. The molecule has 0 amide bonds. The summed E-state index contributed by atoms with van der Waals surface area (Å²) in [7, 11) is 0. The van der Waals surface area contributed by atoms with Crippen molar-refractivity contribution in [3.63, 3.8) is 0 Å². The first-order valence-corrected chi connectivity index (χ1v) is 17.9. The summed E-state index contributed by atoms with van der Waals surface area (Å²) < 4.78 is 0. The Kier molecular flexibility index (Phi) is 12.6. The quantitative estimate of drug-likeness (QED) is 0.174. The molecule has 0 aromatic heterocycles. The molecule has 1 N–H and O–H groups in total. The summed E-state index contributed by atoms with van der Waals surface area (Å²) >= 11 is 0. The minimum atomic E-state index is -1.28. The molecule has 54 heavy (non-hydrogen) atoms. The first-order chi connectivity index (χ1) is 26.0. The largest absolute Gasteiger partial charge is 0.378 e. The molecule has 1 atom stereocenters. The van der Waals surface area contributed by atoms with Gasteiger partial charge >= 0.3 is 0 Å². The van der Waals surface area contributed by atoms with Crippen molar-refractivity contribution in [3.05, 3.63) is 248 Å². The molecule has 8 aromatic carbocycles. The topological polar surface area (TPSA) is 32.6 Å². The van der Waals surface area contributed by atoms with Crippen molar-refractivity contribution in [2.75, 3.05) is 0 Å². The smallest absolute Gasteiger partial charge is 0.137 e. The molecule has 2 nitrogen and oxygen atoms in total. The van der Waals surface area contributed by atoms with Crippen LogP contribution in [0.25, 0.3) is 33.0 Å². The van der Waals surface area contributed by atoms with Gasteiger partial charge in [-0.2, -0.15) is 49.2 Å². The van der Waals surface area contributed by atoms with Crippen molar-refractivity contribution in [1.82, 2.24) is 0 Å².